The molecule has 4 aliphatic carbocycles. The van der Waals surface area contributed by atoms with Crippen LogP contribution in [-0.2, 0) is 10.2 Å². The Labute approximate surface area is 189 Å². The van der Waals surface area contributed by atoms with Gasteiger partial charge in [0.1, 0.15) is 0 Å². The third-order valence-electron chi connectivity index (χ3n) is 9.83. The van der Waals surface area contributed by atoms with E-state index in [2.05, 4.69) is 56.0 Å². The molecule has 31 heavy (non-hydrogen) atoms. The summed E-state index contributed by atoms with van der Waals surface area (Å²) < 4.78 is 0. The van der Waals surface area contributed by atoms with Gasteiger partial charge in [-0.25, -0.2) is 0 Å². The van der Waals surface area contributed by atoms with Gasteiger partial charge in [-0.15, -0.1) is 0 Å². The van der Waals surface area contributed by atoms with Crippen molar-refractivity contribution in [3.8, 4) is 0 Å². The van der Waals surface area contributed by atoms with Gasteiger partial charge in [0, 0.05) is 19.1 Å². The van der Waals surface area contributed by atoms with Crippen molar-refractivity contribution >= 4 is 5.91 Å². The van der Waals surface area contributed by atoms with E-state index in [1.807, 2.05) is 0 Å². The van der Waals surface area contributed by atoms with E-state index in [0.717, 1.165) is 56.5 Å². The topological polar surface area (TPSA) is 46.3 Å². The van der Waals surface area contributed by atoms with E-state index in [-0.39, 0.29) is 22.3 Å². The Morgan fingerprint density at radius 2 is 1.77 bits per heavy atom. The Kier molecular flexibility index (Phi) is 5.28. The summed E-state index contributed by atoms with van der Waals surface area (Å²) in [7, 11) is 0. The van der Waals surface area contributed by atoms with Crippen LogP contribution in [0.4, 0.5) is 0 Å². The average molecular weight is 423 g/mol. The second-order valence-corrected chi connectivity index (χ2v) is 12.4. The van der Waals surface area contributed by atoms with Crippen LogP contribution in [0, 0.1) is 28.6 Å². The maximum Gasteiger partial charge on any atom is 0.228 e. The monoisotopic (exact) mass is 422 g/mol. The van der Waals surface area contributed by atoms with Gasteiger partial charge in [0.15, 0.2) is 0 Å². The summed E-state index contributed by atoms with van der Waals surface area (Å²) in [4.78, 5) is 16.4. The van der Waals surface area contributed by atoms with Crippen molar-refractivity contribution in [2.75, 3.05) is 13.1 Å². The number of piperidine rings is 1. The lowest BCUT2D eigenvalue weighted by Gasteiger charge is -2.65. The summed E-state index contributed by atoms with van der Waals surface area (Å²) in [5.41, 5.74) is 7.99. The van der Waals surface area contributed by atoms with Crippen molar-refractivity contribution in [1.82, 2.24) is 4.90 Å². The molecule has 1 aromatic rings. The molecule has 0 aromatic heterocycles. The van der Waals surface area contributed by atoms with Gasteiger partial charge in [-0.3, -0.25) is 4.79 Å². The van der Waals surface area contributed by atoms with Crippen molar-refractivity contribution in [2.45, 2.75) is 90.0 Å². The summed E-state index contributed by atoms with van der Waals surface area (Å²) in [6, 6.07) is 11.4. The zero-order valence-electron chi connectivity index (χ0n) is 19.9. The lowest BCUT2D eigenvalue weighted by molar-refractivity contribution is -0.171. The molecule has 5 aliphatic rings. The Morgan fingerprint density at radius 3 is 2.39 bits per heavy atom. The molecule has 4 bridgehead atoms. The number of rotatable bonds is 5. The van der Waals surface area contributed by atoms with Crippen molar-refractivity contribution in [3.05, 3.63) is 35.9 Å². The molecule has 0 radical (unpaired) electrons. The first kappa shape index (κ1) is 21.5. The molecule has 2 unspecified atom stereocenters. The summed E-state index contributed by atoms with van der Waals surface area (Å²) in [6.07, 6.45) is 10.9. The fourth-order valence-electron chi connectivity index (χ4n) is 8.42. The number of carbonyl (C=O) groups excluding carboxylic acids is 1. The average Bonchev–Trinajstić information content (AvgIpc) is 2.75. The zero-order valence-corrected chi connectivity index (χ0v) is 19.9. The van der Waals surface area contributed by atoms with Crippen LogP contribution in [0.3, 0.4) is 0 Å². The van der Waals surface area contributed by atoms with Crippen LogP contribution in [0.5, 0.6) is 0 Å². The van der Waals surface area contributed by atoms with E-state index in [9.17, 15) is 4.79 Å². The number of hydrogen-bond donors (Lipinski definition) is 1. The number of carbonyl (C=O) groups is 1. The molecule has 5 fully saturated rings. The van der Waals surface area contributed by atoms with Gasteiger partial charge in [0.05, 0.1) is 5.41 Å². The molecular weight excluding hydrogens is 380 g/mol. The van der Waals surface area contributed by atoms with E-state index in [1.165, 1.54) is 37.7 Å². The van der Waals surface area contributed by atoms with E-state index in [1.54, 1.807) is 0 Å². The van der Waals surface area contributed by atoms with Crippen molar-refractivity contribution in [2.24, 2.45) is 34.3 Å². The lowest BCUT2D eigenvalue weighted by atomic mass is 9.39. The van der Waals surface area contributed by atoms with Crippen LogP contribution < -0.4 is 5.73 Å². The van der Waals surface area contributed by atoms with Gasteiger partial charge in [0.2, 0.25) is 5.91 Å². The van der Waals surface area contributed by atoms with Gasteiger partial charge < -0.3 is 10.6 Å². The first-order valence-corrected chi connectivity index (χ1v) is 12.9. The molecule has 1 saturated heterocycles. The predicted octanol–water partition coefficient (Wildman–Crippen LogP) is 5.53. The van der Waals surface area contributed by atoms with Gasteiger partial charge in [-0.1, -0.05) is 63.9 Å². The maximum atomic E-state index is 14.2. The van der Waals surface area contributed by atoms with Gasteiger partial charge in [-0.05, 0) is 79.1 Å². The van der Waals surface area contributed by atoms with Crippen molar-refractivity contribution in [1.29, 1.82) is 0 Å². The molecule has 0 spiro atoms. The van der Waals surface area contributed by atoms with Crippen LogP contribution in [0.1, 0.15) is 84.1 Å². The highest BCUT2D eigenvalue weighted by Gasteiger charge is 2.64. The summed E-state index contributed by atoms with van der Waals surface area (Å²) in [5, 5.41) is 0. The number of unbranched alkanes of at least 4 members (excludes halogenated alkanes) is 1. The molecule has 3 atom stereocenters. The van der Waals surface area contributed by atoms with Gasteiger partial charge in [-0.2, -0.15) is 0 Å². The van der Waals surface area contributed by atoms with Gasteiger partial charge in [0.25, 0.3) is 0 Å². The third kappa shape index (κ3) is 3.46. The summed E-state index contributed by atoms with van der Waals surface area (Å²) in [5.74, 6) is 2.74. The van der Waals surface area contributed by atoms with Gasteiger partial charge >= 0.3 is 0 Å². The van der Waals surface area contributed by atoms with Crippen molar-refractivity contribution < 1.29 is 4.79 Å². The second-order valence-electron chi connectivity index (χ2n) is 12.4. The molecule has 1 heterocycles. The molecule has 3 heteroatoms. The smallest absolute Gasteiger partial charge is 0.228 e. The highest BCUT2D eigenvalue weighted by molar-refractivity contribution is 5.84. The van der Waals surface area contributed by atoms with Crippen molar-refractivity contribution in [3.63, 3.8) is 0 Å². The minimum absolute atomic E-state index is 0.0109. The highest BCUT2D eigenvalue weighted by atomic mass is 16.2. The fraction of sp³-hybridized carbons (Fsp3) is 0.750. The maximum absolute atomic E-state index is 14.2. The number of benzene rings is 1. The number of amides is 1. The predicted molar refractivity (Wildman–Crippen MR) is 127 cm³/mol. The molecular formula is C28H42N2O. The molecule has 3 nitrogen and oxygen atoms in total. The number of nitrogens with zero attached hydrogens (tertiary/aromatic N) is 1. The Bertz CT molecular complexity index is 800. The quantitative estimate of drug-likeness (QED) is 0.678. The highest BCUT2D eigenvalue weighted by Crippen LogP contribution is 2.68. The first-order valence-electron chi connectivity index (χ1n) is 12.9. The van der Waals surface area contributed by atoms with Crippen LogP contribution in [0.15, 0.2) is 30.3 Å². The minimum atomic E-state index is -0.137. The van der Waals surface area contributed by atoms with Crippen LogP contribution >= 0.6 is 0 Å². The van der Waals surface area contributed by atoms with E-state index >= 15 is 0 Å². The molecule has 170 valence electrons. The second kappa shape index (κ2) is 7.61. The van der Waals surface area contributed by atoms with E-state index in [0.29, 0.717) is 5.91 Å². The molecule has 1 aromatic carbocycles. The Balaban J connectivity index is 1.47. The van der Waals surface area contributed by atoms with Crippen LogP contribution in [-0.4, -0.2) is 29.9 Å². The number of nitrogens with two attached hydrogens (primary N) is 1. The molecule has 4 saturated carbocycles. The summed E-state index contributed by atoms with van der Waals surface area (Å²) in [6.45, 7) is 8.46. The Morgan fingerprint density at radius 1 is 1.10 bits per heavy atom. The molecule has 1 aliphatic heterocycles. The minimum Gasteiger partial charge on any atom is -0.342 e. The van der Waals surface area contributed by atoms with Crippen LogP contribution in [0.2, 0.25) is 0 Å². The molecule has 2 N–H and O–H groups in total. The SMILES string of the molecule is CCCCC1C2CC3(C(=O)N4CC[C@H](N)C(C)(C)C4)CC1CC(c1ccccc1)(C2)C3. The largest absolute Gasteiger partial charge is 0.342 e. The number of hydrogen-bond acceptors (Lipinski definition) is 2. The normalized spacial score (nSPS) is 40.8. The Hall–Kier alpha value is -1.35. The standard InChI is InChI=1S/C28H42N2O/c1-4-5-11-23-20-14-27(22-9-7-6-8-10-22)15-21(23)17-28(16-20,18-27)25(31)30-13-12-24(29)26(2,3)19-30/h6-10,20-21,23-24H,4-5,11-19,29H2,1-3H3/t20?,21?,23?,24-,27?,28?/m0/s1. The lowest BCUT2D eigenvalue weighted by Crippen LogP contribution is -2.64. The third-order valence-corrected chi connectivity index (χ3v) is 9.83. The first-order chi connectivity index (χ1) is 14.8. The zero-order chi connectivity index (χ0) is 21.9. The van der Waals surface area contributed by atoms with Crippen LogP contribution in [0.25, 0.3) is 0 Å². The number of likely N-dealkylation sites (tertiary alicyclic amines) is 1. The summed E-state index contributed by atoms with van der Waals surface area (Å²) >= 11 is 0. The van der Waals surface area contributed by atoms with E-state index < -0.39 is 0 Å². The fourth-order valence-corrected chi connectivity index (χ4v) is 8.42. The molecule has 6 rings (SSSR count). The van der Waals surface area contributed by atoms with E-state index in [4.69, 9.17) is 5.73 Å². The molecule has 1 amide bonds.